The first-order valence-corrected chi connectivity index (χ1v) is 10.5. The minimum atomic E-state index is -4.42. The summed E-state index contributed by atoms with van der Waals surface area (Å²) < 4.78 is 46.3. The standard InChI is InChI=1S/C18H20ClFN2O5S/c1-3-12(4-2)21-18(24)14-8-13(9-15(20)16(14)19)28(25,26)22-17(23)11-6-5-7-27-10-11/h1,8-9,11-12H,4-7,10H2,2H3,(H,21,24)(H,22,23). The molecule has 2 N–H and O–H groups in total. The molecule has 1 fully saturated rings. The van der Waals surface area contributed by atoms with Gasteiger partial charge in [-0.3, -0.25) is 9.59 Å². The number of rotatable bonds is 6. The van der Waals surface area contributed by atoms with Crippen LogP contribution in [-0.2, 0) is 19.6 Å². The summed E-state index contributed by atoms with van der Waals surface area (Å²) in [4.78, 5) is 23.9. The van der Waals surface area contributed by atoms with Crippen LogP contribution in [0.1, 0.15) is 36.5 Å². The van der Waals surface area contributed by atoms with Crippen LogP contribution in [-0.4, -0.2) is 39.5 Å². The van der Waals surface area contributed by atoms with Gasteiger partial charge in [-0.2, -0.15) is 0 Å². The monoisotopic (exact) mass is 430 g/mol. The van der Waals surface area contributed by atoms with Crippen LogP contribution >= 0.6 is 11.6 Å². The largest absolute Gasteiger partial charge is 0.381 e. The highest BCUT2D eigenvalue weighted by Crippen LogP contribution is 2.25. The van der Waals surface area contributed by atoms with Crippen LogP contribution in [0.5, 0.6) is 0 Å². The molecule has 0 saturated carbocycles. The Bertz CT molecular complexity index is 907. The normalized spacial score (nSPS) is 18.0. The predicted molar refractivity (Wildman–Crippen MR) is 101 cm³/mol. The molecule has 0 aliphatic carbocycles. The van der Waals surface area contributed by atoms with E-state index in [0.717, 1.165) is 6.07 Å². The lowest BCUT2D eigenvalue weighted by Gasteiger charge is -2.21. The molecule has 0 radical (unpaired) electrons. The van der Waals surface area contributed by atoms with Gasteiger partial charge in [0.05, 0.1) is 34.0 Å². The van der Waals surface area contributed by atoms with E-state index < -0.39 is 55.1 Å². The van der Waals surface area contributed by atoms with Gasteiger partial charge in [0.1, 0.15) is 5.82 Å². The molecule has 0 aromatic heterocycles. The maximum atomic E-state index is 14.2. The van der Waals surface area contributed by atoms with Gasteiger partial charge in [-0.15, -0.1) is 6.42 Å². The van der Waals surface area contributed by atoms with Crippen molar-refractivity contribution in [3.63, 3.8) is 0 Å². The Labute approximate surface area is 168 Å². The average molecular weight is 431 g/mol. The molecule has 2 amide bonds. The van der Waals surface area contributed by atoms with Crippen molar-refractivity contribution in [3.05, 3.63) is 28.5 Å². The summed E-state index contributed by atoms with van der Waals surface area (Å²) in [6.07, 6.45) is 6.80. The fourth-order valence-electron chi connectivity index (χ4n) is 2.60. The van der Waals surface area contributed by atoms with Gasteiger partial charge in [0.25, 0.3) is 15.9 Å². The minimum absolute atomic E-state index is 0.106. The highest BCUT2D eigenvalue weighted by atomic mass is 35.5. The lowest BCUT2D eigenvalue weighted by atomic mass is 10.0. The number of hydrogen-bond donors (Lipinski definition) is 2. The Morgan fingerprint density at radius 2 is 2.18 bits per heavy atom. The van der Waals surface area contributed by atoms with Crippen molar-refractivity contribution in [2.24, 2.45) is 5.92 Å². The molecular weight excluding hydrogens is 411 g/mol. The molecule has 7 nitrogen and oxygen atoms in total. The van der Waals surface area contributed by atoms with Crippen LogP contribution in [0, 0.1) is 24.1 Å². The van der Waals surface area contributed by atoms with Crippen molar-refractivity contribution in [2.45, 2.75) is 37.1 Å². The van der Waals surface area contributed by atoms with Crippen LogP contribution < -0.4 is 10.0 Å². The summed E-state index contributed by atoms with van der Waals surface area (Å²) in [5.74, 6) is -0.969. The zero-order chi connectivity index (χ0) is 20.9. The van der Waals surface area contributed by atoms with Gasteiger partial charge < -0.3 is 10.1 Å². The van der Waals surface area contributed by atoms with Crippen molar-refractivity contribution in [3.8, 4) is 12.3 Å². The Morgan fingerprint density at radius 3 is 2.75 bits per heavy atom. The number of ether oxygens (including phenoxy) is 1. The summed E-state index contributed by atoms with van der Waals surface area (Å²) in [5, 5.41) is 1.90. The number of amides is 2. The maximum Gasteiger partial charge on any atom is 0.264 e. The van der Waals surface area contributed by atoms with E-state index in [1.807, 2.05) is 4.72 Å². The number of terminal acetylenes is 1. The lowest BCUT2D eigenvalue weighted by molar-refractivity contribution is -0.127. The molecule has 1 heterocycles. The summed E-state index contributed by atoms with van der Waals surface area (Å²) in [6.45, 7) is 2.35. The van der Waals surface area contributed by atoms with E-state index in [9.17, 15) is 22.4 Å². The molecule has 1 aromatic carbocycles. The number of hydrogen-bond acceptors (Lipinski definition) is 5. The summed E-state index contributed by atoms with van der Waals surface area (Å²) in [5.41, 5.74) is -0.399. The van der Waals surface area contributed by atoms with E-state index in [2.05, 4.69) is 11.2 Å². The van der Waals surface area contributed by atoms with E-state index in [1.54, 1.807) is 6.92 Å². The number of sulfonamides is 1. The predicted octanol–water partition coefficient (Wildman–Crippen LogP) is 1.85. The second-order valence-electron chi connectivity index (χ2n) is 6.25. The van der Waals surface area contributed by atoms with Crippen molar-refractivity contribution in [1.82, 2.24) is 10.0 Å². The highest BCUT2D eigenvalue weighted by molar-refractivity contribution is 7.90. The van der Waals surface area contributed by atoms with E-state index in [-0.39, 0.29) is 6.61 Å². The molecule has 152 valence electrons. The molecular formula is C18H20ClFN2O5S. The topological polar surface area (TPSA) is 102 Å². The fourth-order valence-corrected chi connectivity index (χ4v) is 3.88. The van der Waals surface area contributed by atoms with Crippen molar-refractivity contribution >= 4 is 33.4 Å². The fraction of sp³-hybridized carbons (Fsp3) is 0.444. The quantitative estimate of drug-likeness (QED) is 0.671. The third kappa shape index (κ3) is 5.22. The van der Waals surface area contributed by atoms with Gasteiger partial charge in [-0.25, -0.2) is 17.5 Å². The van der Waals surface area contributed by atoms with Crippen LogP contribution in [0.25, 0.3) is 0 Å². The zero-order valence-electron chi connectivity index (χ0n) is 15.1. The molecule has 1 saturated heterocycles. The molecule has 0 spiro atoms. The van der Waals surface area contributed by atoms with E-state index in [0.29, 0.717) is 31.9 Å². The van der Waals surface area contributed by atoms with E-state index >= 15 is 0 Å². The molecule has 2 unspecified atom stereocenters. The van der Waals surface area contributed by atoms with Gasteiger partial charge in [0.2, 0.25) is 5.91 Å². The number of nitrogens with one attached hydrogen (secondary N) is 2. The Balaban J connectivity index is 2.29. The number of carbonyl (C=O) groups excluding carboxylic acids is 2. The second-order valence-corrected chi connectivity index (χ2v) is 8.31. The first kappa shape index (κ1) is 22.1. The van der Waals surface area contributed by atoms with Gasteiger partial charge in [-0.1, -0.05) is 24.4 Å². The van der Waals surface area contributed by atoms with Gasteiger partial charge in [0.15, 0.2) is 0 Å². The highest BCUT2D eigenvalue weighted by Gasteiger charge is 2.28. The maximum absolute atomic E-state index is 14.2. The van der Waals surface area contributed by atoms with Gasteiger partial charge in [-0.05, 0) is 31.4 Å². The van der Waals surface area contributed by atoms with E-state index in [1.165, 1.54) is 0 Å². The zero-order valence-corrected chi connectivity index (χ0v) is 16.7. The summed E-state index contributed by atoms with van der Waals surface area (Å²) >= 11 is 5.82. The third-order valence-electron chi connectivity index (χ3n) is 4.24. The molecule has 1 aromatic rings. The van der Waals surface area contributed by atoms with Gasteiger partial charge in [0, 0.05) is 6.61 Å². The first-order chi connectivity index (χ1) is 13.2. The number of carbonyl (C=O) groups is 2. The lowest BCUT2D eigenvalue weighted by Crippen LogP contribution is -2.39. The number of benzene rings is 1. The SMILES string of the molecule is C#CC(CC)NC(=O)c1cc(S(=O)(=O)NC(=O)C2CCCOC2)cc(F)c1Cl. The summed E-state index contributed by atoms with van der Waals surface area (Å²) in [6, 6.07) is 0.916. The number of halogens is 2. The Morgan fingerprint density at radius 1 is 1.46 bits per heavy atom. The van der Waals surface area contributed by atoms with Crippen LogP contribution in [0.4, 0.5) is 4.39 Å². The second kappa shape index (κ2) is 9.37. The molecule has 1 aliphatic heterocycles. The average Bonchev–Trinajstić information content (AvgIpc) is 2.68. The summed E-state index contributed by atoms with van der Waals surface area (Å²) in [7, 11) is -4.42. The molecule has 0 bridgehead atoms. The molecule has 2 atom stereocenters. The molecule has 2 rings (SSSR count). The Hall–Kier alpha value is -2.15. The smallest absolute Gasteiger partial charge is 0.264 e. The first-order valence-electron chi connectivity index (χ1n) is 8.60. The molecule has 1 aliphatic rings. The van der Waals surface area contributed by atoms with Crippen molar-refractivity contribution in [1.29, 1.82) is 0 Å². The van der Waals surface area contributed by atoms with Crippen LogP contribution in [0.2, 0.25) is 5.02 Å². The molecule has 10 heteroatoms. The van der Waals surface area contributed by atoms with Gasteiger partial charge >= 0.3 is 0 Å². The third-order valence-corrected chi connectivity index (χ3v) is 5.95. The van der Waals surface area contributed by atoms with Crippen molar-refractivity contribution < 1.29 is 27.1 Å². The van der Waals surface area contributed by atoms with Crippen LogP contribution in [0.3, 0.4) is 0 Å². The Kier molecular flexibility index (Phi) is 7.41. The molecule has 28 heavy (non-hydrogen) atoms. The minimum Gasteiger partial charge on any atom is -0.381 e. The van der Waals surface area contributed by atoms with E-state index in [4.69, 9.17) is 22.8 Å². The van der Waals surface area contributed by atoms with Crippen molar-refractivity contribution in [2.75, 3.05) is 13.2 Å². The van der Waals surface area contributed by atoms with Crippen LogP contribution in [0.15, 0.2) is 17.0 Å².